The van der Waals surface area contributed by atoms with Crippen molar-refractivity contribution in [3.05, 3.63) is 34.9 Å². The summed E-state index contributed by atoms with van der Waals surface area (Å²) in [7, 11) is 3.23. The molecule has 21 heavy (non-hydrogen) atoms. The number of carbonyl (C=O) groups is 2. The summed E-state index contributed by atoms with van der Waals surface area (Å²) in [6.45, 7) is 5.26. The van der Waals surface area contributed by atoms with E-state index in [0.717, 1.165) is 0 Å². The Labute approximate surface area is 130 Å². The van der Waals surface area contributed by atoms with Crippen LogP contribution < -0.4 is 5.32 Å². The maximum atomic E-state index is 12.3. The summed E-state index contributed by atoms with van der Waals surface area (Å²) in [5.41, 5.74) is -0.111. The molecule has 0 heterocycles. The van der Waals surface area contributed by atoms with Crippen LogP contribution in [0.5, 0.6) is 0 Å². The highest BCUT2D eigenvalue weighted by Gasteiger charge is 2.28. The van der Waals surface area contributed by atoms with E-state index in [0.29, 0.717) is 10.6 Å². The average molecular weight is 313 g/mol. The van der Waals surface area contributed by atoms with Crippen LogP contribution in [0.25, 0.3) is 0 Å². The van der Waals surface area contributed by atoms with Crippen LogP contribution in [0, 0.1) is 0 Å². The minimum Gasteiger partial charge on any atom is -0.444 e. The molecule has 116 valence electrons. The number of likely N-dealkylation sites (N-methyl/N-ethyl adjacent to an activating group) is 1. The fourth-order valence-corrected chi connectivity index (χ4v) is 1.91. The standard InChI is InChI=1S/C15H21ClN2O3/c1-15(2,3)21-14(20)17-12(13(19)18(4)5)10-8-6-7-9-11(10)16/h6-9,12H,1-5H3,(H,17,20). The highest BCUT2D eigenvalue weighted by Crippen LogP contribution is 2.24. The normalized spacial score (nSPS) is 12.5. The third-order valence-corrected chi connectivity index (χ3v) is 2.91. The van der Waals surface area contributed by atoms with E-state index in [1.54, 1.807) is 59.1 Å². The van der Waals surface area contributed by atoms with Gasteiger partial charge in [-0.2, -0.15) is 0 Å². The van der Waals surface area contributed by atoms with E-state index in [1.165, 1.54) is 4.90 Å². The maximum absolute atomic E-state index is 12.3. The first kappa shape index (κ1) is 17.3. The van der Waals surface area contributed by atoms with E-state index in [1.807, 2.05) is 0 Å². The molecule has 1 rings (SSSR count). The largest absolute Gasteiger partial charge is 0.444 e. The van der Waals surface area contributed by atoms with Crippen molar-refractivity contribution >= 4 is 23.6 Å². The van der Waals surface area contributed by atoms with Crippen molar-refractivity contribution in [2.45, 2.75) is 32.4 Å². The van der Waals surface area contributed by atoms with Crippen LogP contribution in [-0.4, -0.2) is 36.6 Å². The van der Waals surface area contributed by atoms with Gasteiger partial charge < -0.3 is 15.0 Å². The van der Waals surface area contributed by atoms with Gasteiger partial charge in [0.05, 0.1) is 0 Å². The molecular formula is C15H21ClN2O3. The Balaban J connectivity index is 3.02. The number of nitrogens with zero attached hydrogens (tertiary/aromatic N) is 1. The van der Waals surface area contributed by atoms with Crippen molar-refractivity contribution in [3.63, 3.8) is 0 Å². The number of ether oxygens (including phenoxy) is 1. The Bertz CT molecular complexity index is 524. The molecule has 5 nitrogen and oxygen atoms in total. The van der Waals surface area contributed by atoms with E-state index in [4.69, 9.17) is 16.3 Å². The zero-order valence-electron chi connectivity index (χ0n) is 12.9. The first-order valence-corrected chi connectivity index (χ1v) is 6.94. The predicted molar refractivity (Wildman–Crippen MR) is 82.3 cm³/mol. The number of amides is 2. The maximum Gasteiger partial charge on any atom is 0.408 e. The van der Waals surface area contributed by atoms with Gasteiger partial charge in [-0.1, -0.05) is 29.8 Å². The van der Waals surface area contributed by atoms with E-state index >= 15 is 0 Å². The molecule has 1 aromatic carbocycles. The number of halogens is 1. The zero-order chi connectivity index (χ0) is 16.2. The molecule has 1 N–H and O–H groups in total. The van der Waals surface area contributed by atoms with E-state index in [9.17, 15) is 9.59 Å². The lowest BCUT2D eigenvalue weighted by molar-refractivity contribution is -0.131. The molecule has 0 saturated heterocycles. The van der Waals surface area contributed by atoms with Gasteiger partial charge in [-0.3, -0.25) is 4.79 Å². The van der Waals surface area contributed by atoms with Gasteiger partial charge in [0.25, 0.3) is 0 Å². The van der Waals surface area contributed by atoms with Crippen molar-refractivity contribution in [2.75, 3.05) is 14.1 Å². The molecule has 0 aliphatic carbocycles. The smallest absolute Gasteiger partial charge is 0.408 e. The Morgan fingerprint density at radius 1 is 1.24 bits per heavy atom. The minimum absolute atomic E-state index is 0.283. The van der Waals surface area contributed by atoms with Crippen LogP contribution in [0.2, 0.25) is 5.02 Å². The molecule has 0 spiro atoms. The number of nitrogens with one attached hydrogen (secondary N) is 1. The summed E-state index contributed by atoms with van der Waals surface area (Å²) in [6.07, 6.45) is -0.664. The fourth-order valence-electron chi connectivity index (χ4n) is 1.67. The third kappa shape index (κ3) is 5.27. The first-order chi connectivity index (χ1) is 9.61. The lowest BCUT2D eigenvalue weighted by Crippen LogP contribution is -2.42. The molecule has 1 atom stereocenters. The lowest BCUT2D eigenvalue weighted by atomic mass is 10.1. The van der Waals surface area contributed by atoms with Crippen molar-refractivity contribution in [2.24, 2.45) is 0 Å². The molecule has 0 aromatic heterocycles. The summed E-state index contributed by atoms with van der Waals surface area (Å²) >= 11 is 6.12. The van der Waals surface area contributed by atoms with E-state index in [2.05, 4.69) is 5.32 Å². The number of rotatable bonds is 3. The molecule has 0 saturated carbocycles. The number of hydrogen-bond donors (Lipinski definition) is 1. The Morgan fingerprint density at radius 3 is 2.29 bits per heavy atom. The topological polar surface area (TPSA) is 58.6 Å². The van der Waals surface area contributed by atoms with Gasteiger partial charge in [0, 0.05) is 24.7 Å². The highest BCUT2D eigenvalue weighted by atomic mass is 35.5. The first-order valence-electron chi connectivity index (χ1n) is 6.57. The van der Waals surface area contributed by atoms with Gasteiger partial charge in [0.15, 0.2) is 0 Å². The summed E-state index contributed by atoms with van der Waals surface area (Å²) in [6, 6.07) is 6.00. The second kappa shape index (κ2) is 6.80. The molecule has 0 radical (unpaired) electrons. The van der Waals surface area contributed by atoms with Gasteiger partial charge in [0.2, 0.25) is 5.91 Å². The van der Waals surface area contributed by atoms with Crippen molar-refractivity contribution in [1.82, 2.24) is 10.2 Å². The summed E-state index contributed by atoms with van der Waals surface area (Å²) in [5, 5.41) is 2.99. The van der Waals surface area contributed by atoms with Crippen molar-refractivity contribution in [3.8, 4) is 0 Å². The predicted octanol–water partition coefficient (Wildman–Crippen LogP) is 2.99. The van der Waals surface area contributed by atoms with Crippen LogP contribution in [0.1, 0.15) is 32.4 Å². The summed E-state index contributed by atoms with van der Waals surface area (Å²) < 4.78 is 5.20. The number of benzene rings is 1. The van der Waals surface area contributed by atoms with Crippen LogP contribution >= 0.6 is 11.6 Å². The van der Waals surface area contributed by atoms with Gasteiger partial charge >= 0.3 is 6.09 Å². The minimum atomic E-state index is -0.886. The van der Waals surface area contributed by atoms with Gasteiger partial charge in [-0.25, -0.2) is 4.79 Å². The van der Waals surface area contributed by atoms with Crippen molar-refractivity contribution < 1.29 is 14.3 Å². The molecule has 1 aromatic rings. The fraction of sp³-hybridized carbons (Fsp3) is 0.467. The second-order valence-electron chi connectivity index (χ2n) is 5.83. The molecule has 6 heteroatoms. The highest BCUT2D eigenvalue weighted by molar-refractivity contribution is 6.31. The van der Waals surface area contributed by atoms with Gasteiger partial charge in [-0.05, 0) is 26.8 Å². The molecule has 2 amide bonds. The molecular weight excluding hydrogens is 292 g/mol. The van der Waals surface area contributed by atoms with Crippen LogP contribution in [0.4, 0.5) is 4.79 Å². The van der Waals surface area contributed by atoms with Crippen LogP contribution in [-0.2, 0) is 9.53 Å². The molecule has 0 aliphatic rings. The number of carbonyl (C=O) groups excluding carboxylic acids is 2. The van der Waals surface area contributed by atoms with E-state index < -0.39 is 17.7 Å². The molecule has 1 unspecified atom stereocenters. The quantitative estimate of drug-likeness (QED) is 0.933. The SMILES string of the molecule is CN(C)C(=O)C(NC(=O)OC(C)(C)C)c1ccccc1Cl. The summed E-state index contributed by atoms with van der Waals surface area (Å²) in [4.78, 5) is 25.6. The van der Waals surface area contributed by atoms with E-state index in [-0.39, 0.29) is 5.91 Å². The van der Waals surface area contributed by atoms with Gasteiger partial charge in [-0.15, -0.1) is 0 Å². The molecule has 0 bridgehead atoms. The number of hydrogen-bond acceptors (Lipinski definition) is 3. The molecule has 0 aliphatic heterocycles. The molecule has 0 fully saturated rings. The average Bonchev–Trinajstić information content (AvgIpc) is 2.34. The van der Waals surface area contributed by atoms with Crippen LogP contribution in [0.15, 0.2) is 24.3 Å². The Morgan fingerprint density at radius 2 is 1.81 bits per heavy atom. The Kier molecular flexibility index (Phi) is 5.61. The second-order valence-corrected chi connectivity index (χ2v) is 6.24. The van der Waals surface area contributed by atoms with Crippen LogP contribution in [0.3, 0.4) is 0 Å². The zero-order valence-corrected chi connectivity index (χ0v) is 13.7. The van der Waals surface area contributed by atoms with Gasteiger partial charge in [0.1, 0.15) is 11.6 Å². The third-order valence-electron chi connectivity index (χ3n) is 2.57. The lowest BCUT2D eigenvalue weighted by Gasteiger charge is -2.25. The summed E-state index contributed by atoms with van der Waals surface area (Å²) in [5.74, 6) is -0.283. The number of alkyl carbamates (subject to hydrolysis) is 1. The van der Waals surface area contributed by atoms with Crippen molar-refractivity contribution in [1.29, 1.82) is 0 Å². The monoisotopic (exact) mass is 312 g/mol. The Hall–Kier alpha value is -1.75.